The SMILES string of the molecule is O=C(C=[n+]1ccc(=C2C=CN(/C=C(\O)c3ccccc3)C=C2)cc1)c1ccc([N+](=O)[O-])cc1. The van der Waals surface area contributed by atoms with Crippen molar-refractivity contribution in [1.29, 1.82) is 0 Å². The van der Waals surface area contributed by atoms with Gasteiger partial charge in [-0.2, -0.15) is 4.24 Å². The van der Waals surface area contributed by atoms with Gasteiger partial charge >= 0.3 is 0 Å². The fraction of sp³-hybridized carbons (Fsp3) is 0. The van der Waals surface area contributed by atoms with Gasteiger partial charge in [0.25, 0.3) is 5.69 Å². The van der Waals surface area contributed by atoms with Crippen molar-refractivity contribution in [2.75, 3.05) is 0 Å². The first kappa shape index (κ1) is 21.5. The number of non-ortho nitro benzene ring substituents is 1. The van der Waals surface area contributed by atoms with E-state index < -0.39 is 4.92 Å². The van der Waals surface area contributed by atoms with E-state index in [1.807, 2.05) is 67.0 Å². The van der Waals surface area contributed by atoms with Crippen molar-refractivity contribution in [3.63, 3.8) is 0 Å². The van der Waals surface area contributed by atoms with Crippen molar-refractivity contribution < 1.29 is 19.1 Å². The van der Waals surface area contributed by atoms with E-state index in [1.165, 1.54) is 30.5 Å². The number of rotatable bonds is 5. The molecule has 3 aromatic rings. The molecule has 0 saturated heterocycles. The topological polar surface area (TPSA) is 89.6 Å². The van der Waals surface area contributed by atoms with E-state index in [0.29, 0.717) is 5.56 Å². The predicted octanol–water partition coefficient (Wildman–Crippen LogP) is 3.83. The van der Waals surface area contributed by atoms with Crippen molar-refractivity contribution >= 4 is 22.8 Å². The monoisotopic (exact) mass is 438 g/mol. The average molecular weight is 438 g/mol. The number of benzene rings is 2. The first-order chi connectivity index (χ1) is 16.0. The Morgan fingerprint density at radius 1 is 0.909 bits per heavy atom. The number of carbonyl (C=O) groups is 1. The summed E-state index contributed by atoms with van der Waals surface area (Å²) in [6.07, 6.45) is 14.1. The van der Waals surface area contributed by atoms with Crippen LogP contribution in [0, 0.1) is 16.3 Å². The van der Waals surface area contributed by atoms with E-state index >= 15 is 0 Å². The minimum Gasteiger partial charge on any atom is -0.506 e. The molecule has 1 N–H and O–H groups in total. The minimum atomic E-state index is -0.501. The summed E-state index contributed by atoms with van der Waals surface area (Å²) in [7, 11) is 0. The number of hydrogen-bond acceptors (Lipinski definition) is 5. The van der Waals surface area contributed by atoms with E-state index in [2.05, 4.69) is 0 Å². The molecule has 4 rings (SSSR count). The standard InChI is InChI=1S/C26H19N3O4/c30-25(22-4-2-1-3-5-22)18-27-14-10-20(11-15-27)21-12-16-28(17-13-21)19-26(31)23-6-8-24(9-7-23)29(32)33/h1-19H/p+1/b25-18-. The van der Waals surface area contributed by atoms with Gasteiger partial charge in [0.05, 0.1) is 11.1 Å². The quantitative estimate of drug-likeness (QED) is 0.215. The van der Waals surface area contributed by atoms with Crippen LogP contribution < -0.4 is 9.46 Å². The number of aliphatic hydroxyl groups is 1. The molecule has 162 valence electrons. The Bertz CT molecular complexity index is 1370. The molecule has 0 unspecified atom stereocenters. The summed E-state index contributed by atoms with van der Waals surface area (Å²) >= 11 is 0. The molecule has 0 radical (unpaired) electrons. The zero-order chi connectivity index (χ0) is 23.2. The Morgan fingerprint density at radius 3 is 2.15 bits per heavy atom. The molecule has 0 amide bonds. The number of allylic oxidation sites excluding steroid dienone is 2. The van der Waals surface area contributed by atoms with Crippen molar-refractivity contribution in [2.24, 2.45) is 0 Å². The number of pyridine rings is 1. The van der Waals surface area contributed by atoms with Gasteiger partial charge in [0.15, 0.2) is 12.4 Å². The van der Waals surface area contributed by atoms with E-state index in [-0.39, 0.29) is 17.2 Å². The number of nitro groups is 1. The van der Waals surface area contributed by atoms with Crippen LogP contribution in [-0.2, 0) is 0 Å². The lowest BCUT2D eigenvalue weighted by Gasteiger charge is -2.15. The number of carbonyl (C=O) groups excluding carboxylic acids is 1. The second kappa shape index (κ2) is 9.57. The predicted molar refractivity (Wildman–Crippen MR) is 124 cm³/mol. The average Bonchev–Trinajstić information content (AvgIpc) is 2.85. The zero-order valence-corrected chi connectivity index (χ0v) is 17.5. The number of aromatic nitrogens is 1. The summed E-state index contributed by atoms with van der Waals surface area (Å²) in [6, 6.07) is 18.6. The van der Waals surface area contributed by atoms with Crippen LogP contribution in [0.1, 0.15) is 15.9 Å². The van der Waals surface area contributed by atoms with Gasteiger partial charge in [-0.15, -0.1) is 0 Å². The Morgan fingerprint density at radius 2 is 1.55 bits per heavy atom. The van der Waals surface area contributed by atoms with Crippen LogP contribution in [0.5, 0.6) is 0 Å². The van der Waals surface area contributed by atoms with Gasteiger partial charge in [0.2, 0.25) is 12.0 Å². The van der Waals surface area contributed by atoms with Gasteiger partial charge < -0.3 is 10.0 Å². The van der Waals surface area contributed by atoms with Crippen molar-refractivity contribution in [2.45, 2.75) is 0 Å². The first-order valence-electron chi connectivity index (χ1n) is 10.1. The van der Waals surface area contributed by atoms with Crippen molar-refractivity contribution in [3.8, 4) is 0 Å². The number of nitrogens with zero attached hydrogens (tertiary/aromatic N) is 3. The Balaban J connectivity index is 1.49. The molecule has 7 nitrogen and oxygen atoms in total. The van der Waals surface area contributed by atoms with Crippen LogP contribution in [0.4, 0.5) is 5.69 Å². The summed E-state index contributed by atoms with van der Waals surface area (Å²) < 4.78 is 1.64. The summed E-state index contributed by atoms with van der Waals surface area (Å²) in [5.41, 5.74) is 2.03. The normalized spacial score (nSPS) is 13.2. The summed E-state index contributed by atoms with van der Waals surface area (Å²) in [6.45, 7) is 0. The molecule has 7 heteroatoms. The molecular weight excluding hydrogens is 418 g/mol. The fourth-order valence-electron chi connectivity index (χ4n) is 3.21. The van der Waals surface area contributed by atoms with E-state index in [0.717, 1.165) is 16.4 Å². The third kappa shape index (κ3) is 5.29. The number of nitro benzene ring substituents is 1. The molecule has 0 aliphatic carbocycles. The lowest BCUT2D eigenvalue weighted by Crippen LogP contribution is -2.22. The van der Waals surface area contributed by atoms with Crippen LogP contribution in [0.15, 0.2) is 110 Å². The van der Waals surface area contributed by atoms with Gasteiger partial charge in [-0.05, 0) is 35.1 Å². The Hall–Kier alpha value is -4.78. The molecule has 1 aliphatic heterocycles. The maximum absolute atomic E-state index is 12.4. The Kier molecular flexibility index (Phi) is 6.22. The molecule has 1 aromatic heterocycles. The smallest absolute Gasteiger partial charge is 0.269 e. The lowest BCUT2D eigenvalue weighted by molar-refractivity contribution is -0.505. The number of Topliss-reactive ketones (excluding diaryl/α,β-unsaturated/α-hetero) is 1. The second-order valence-corrected chi connectivity index (χ2v) is 7.25. The summed E-state index contributed by atoms with van der Waals surface area (Å²) in [5, 5.41) is 22.0. The highest BCUT2D eigenvalue weighted by Crippen LogP contribution is 2.15. The van der Waals surface area contributed by atoms with Crippen LogP contribution in [0.25, 0.3) is 11.3 Å². The fourth-order valence-corrected chi connectivity index (χ4v) is 3.21. The lowest BCUT2D eigenvalue weighted by atomic mass is 10.1. The molecule has 33 heavy (non-hydrogen) atoms. The van der Waals surface area contributed by atoms with Crippen LogP contribution in [-0.4, -0.2) is 20.7 Å². The zero-order valence-electron chi connectivity index (χ0n) is 17.5. The highest BCUT2D eigenvalue weighted by molar-refractivity contribution is 6.00. The molecular formula is C26H20N3O4+. The maximum atomic E-state index is 12.4. The van der Waals surface area contributed by atoms with Gasteiger partial charge in [0.1, 0.15) is 5.76 Å². The van der Waals surface area contributed by atoms with Crippen LogP contribution in [0.3, 0.4) is 0 Å². The number of aliphatic hydroxyl groups excluding tert-OH is 1. The van der Waals surface area contributed by atoms with Crippen LogP contribution in [0.2, 0.25) is 0 Å². The number of ketones is 1. The highest BCUT2D eigenvalue weighted by atomic mass is 16.6. The van der Waals surface area contributed by atoms with Crippen molar-refractivity contribution in [3.05, 3.63) is 143 Å². The molecule has 0 atom stereocenters. The molecule has 0 spiro atoms. The van der Waals surface area contributed by atoms with E-state index in [9.17, 15) is 20.0 Å². The van der Waals surface area contributed by atoms with Gasteiger partial charge in [-0.1, -0.05) is 30.3 Å². The third-order valence-corrected chi connectivity index (χ3v) is 5.01. The minimum absolute atomic E-state index is 0.0569. The molecule has 2 heterocycles. The van der Waals surface area contributed by atoms with Gasteiger partial charge in [0, 0.05) is 47.8 Å². The first-order valence-corrected chi connectivity index (χ1v) is 10.1. The molecule has 0 bridgehead atoms. The molecule has 0 fully saturated rings. The molecule has 0 saturated carbocycles. The highest BCUT2D eigenvalue weighted by Gasteiger charge is 2.10. The van der Waals surface area contributed by atoms with Gasteiger partial charge in [-0.25, -0.2) is 0 Å². The molecule has 2 aromatic carbocycles. The summed E-state index contributed by atoms with van der Waals surface area (Å²) in [5.74, 6) is -0.0873. The Labute approximate surface area is 189 Å². The maximum Gasteiger partial charge on any atom is 0.269 e. The van der Waals surface area contributed by atoms with E-state index in [1.54, 1.807) is 27.7 Å². The van der Waals surface area contributed by atoms with Crippen LogP contribution >= 0.6 is 0 Å². The molecule has 1 aliphatic rings. The summed E-state index contributed by atoms with van der Waals surface area (Å²) in [4.78, 5) is 24.4. The third-order valence-electron chi connectivity index (χ3n) is 5.01. The second-order valence-electron chi connectivity index (χ2n) is 7.25. The number of hydrogen-bond donors (Lipinski definition) is 1. The van der Waals surface area contributed by atoms with Gasteiger partial charge in [-0.3, -0.25) is 14.9 Å². The largest absolute Gasteiger partial charge is 0.506 e. The van der Waals surface area contributed by atoms with E-state index in [4.69, 9.17) is 0 Å². The van der Waals surface area contributed by atoms with Crippen molar-refractivity contribution in [1.82, 2.24) is 4.90 Å².